The Morgan fingerprint density at radius 1 is 1.24 bits per heavy atom. The molecule has 6 heteroatoms. The number of rotatable bonds is 3. The van der Waals surface area contributed by atoms with Crippen molar-refractivity contribution in [1.29, 1.82) is 0 Å². The molecule has 21 heavy (non-hydrogen) atoms. The second-order valence-corrected chi connectivity index (χ2v) is 5.14. The van der Waals surface area contributed by atoms with Crippen LogP contribution in [-0.4, -0.2) is 49.6 Å². The first kappa shape index (κ1) is 13.7. The molecule has 0 atom stereocenters. The van der Waals surface area contributed by atoms with Gasteiger partial charge >= 0.3 is 0 Å². The predicted molar refractivity (Wildman–Crippen MR) is 75.3 cm³/mol. The zero-order chi connectivity index (χ0) is 14.7. The number of hydrogen-bond acceptors (Lipinski definition) is 4. The van der Waals surface area contributed by atoms with Crippen LogP contribution in [0.15, 0.2) is 18.2 Å². The summed E-state index contributed by atoms with van der Waals surface area (Å²) in [7, 11) is 0. The van der Waals surface area contributed by atoms with Gasteiger partial charge in [0.1, 0.15) is 13.2 Å². The summed E-state index contributed by atoms with van der Waals surface area (Å²) in [4.78, 5) is 25.0. The Morgan fingerprint density at radius 3 is 2.86 bits per heavy atom. The van der Waals surface area contributed by atoms with Gasteiger partial charge in [-0.2, -0.15) is 0 Å². The van der Waals surface area contributed by atoms with Crippen LogP contribution >= 0.6 is 0 Å². The van der Waals surface area contributed by atoms with E-state index in [0.29, 0.717) is 39.1 Å². The third kappa shape index (κ3) is 3.26. The summed E-state index contributed by atoms with van der Waals surface area (Å²) in [5.74, 6) is 1.42. The third-order valence-corrected chi connectivity index (χ3v) is 3.63. The molecule has 0 saturated carbocycles. The molecule has 0 spiro atoms. The van der Waals surface area contributed by atoms with E-state index in [1.165, 1.54) is 0 Å². The first-order chi connectivity index (χ1) is 10.2. The van der Waals surface area contributed by atoms with Crippen LogP contribution in [0.25, 0.3) is 0 Å². The van der Waals surface area contributed by atoms with E-state index in [1.54, 1.807) is 4.90 Å². The van der Waals surface area contributed by atoms with E-state index >= 15 is 0 Å². The lowest BCUT2D eigenvalue weighted by molar-refractivity contribution is -0.138. The number of fused-ring (bicyclic) bond motifs is 1. The van der Waals surface area contributed by atoms with Crippen molar-refractivity contribution < 1.29 is 19.1 Å². The van der Waals surface area contributed by atoms with Crippen molar-refractivity contribution in [3.63, 3.8) is 0 Å². The zero-order valence-corrected chi connectivity index (χ0v) is 11.8. The lowest BCUT2D eigenvalue weighted by atomic mass is 10.1. The van der Waals surface area contributed by atoms with Gasteiger partial charge in [0.2, 0.25) is 11.8 Å². The molecule has 3 rings (SSSR count). The van der Waals surface area contributed by atoms with Gasteiger partial charge in [-0.25, -0.2) is 0 Å². The van der Waals surface area contributed by atoms with Crippen molar-refractivity contribution in [1.82, 2.24) is 10.2 Å². The number of carbonyl (C=O) groups is 2. The molecule has 2 aliphatic rings. The van der Waals surface area contributed by atoms with Crippen LogP contribution in [-0.2, 0) is 16.0 Å². The van der Waals surface area contributed by atoms with Crippen LogP contribution in [0.3, 0.4) is 0 Å². The molecule has 1 aromatic carbocycles. The van der Waals surface area contributed by atoms with Crippen LogP contribution < -0.4 is 14.8 Å². The normalized spacial score (nSPS) is 17.3. The van der Waals surface area contributed by atoms with E-state index in [2.05, 4.69) is 5.32 Å². The number of carbonyl (C=O) groups excluding carboxylic acids is 2. The number of nitrogens with zero attached hydrogens (tertiary/aromatic N) is 1. The molecule has 2 amide bonds. The molecule has 2 aliphatic heterocycles. The van der Waals surface area contributed by atoms with Crippen LogP contribution in [0.4, 0.5) is 0 Å². The highest BCUT2D eigenvalue weighted by molar-refractivity contribution is 5.86. The Morgan fingerprint density at radius 2 is 2.05 bits per heavy atom. The van der Waals surface area contributed by atoms with E-state index in [-0.39, 0.29) is 18.4 Å². The van der Waals surface area contributed by atoms with Gasteiger partial charge in [0, 0.05) is 19.5 Å². The molecular weight excluding hydrogens is 272 g/mol. The van der Waals surface area contributed by atoms with Gasteiger partial charge in [0.05, 0.1) is 6.54 Å². The summed E-state index contributed by atoms with van der Waals surface area (Å²) in [5.41, 5.74) is 1.04. The number of nitrogens with one attached hydrogen (secondary N) is 1. The van der Waals surface area contributed by atoms with E-state index < -0.39 is 0 Å². The summed E-state index contributed by atoms with van der Waals surface area (Å²) in [5, 5.41) is 2.71. The molecular formula is C15H18N2O4. The minimum absolute atomic E-state index is 0.0136. The number of aryl methyl sites for hydroxylation is 1. The van der Waals surface area contributed by atoms with E-state index in [9.17, 15) is 9.59 Å². The molecule has 0 bridgehead atoms. The number of ether oxygens (including phenoxy) is 2. The standard InChI is InChI=1S/C15H18N2O4/c18-14-10-17(6-5-16-14)15(19)4-2-11-1-3-12-13(9-11)21-8-7-20-12/h1,3,9H,2,4-8,10H2,(H,16,18). The first-order valence-corrected chi connectivity index (χ1v) is 7.15. The first-order valence-electron chi connectivity index (χ1n) is 7.15. The molecule has 1 saturated heterocycles. The Labute approximate surface area is 123 Å². The minimum Gasteiger partial charge on any atom is -0.486 e. The number of amides is 2. The average Bonchev–Trinajstić information content (AvgIpc) is 2.52. The van der Waals surface area contributed by atoms with E-state index in [4.69, 9.17) is 9.47 Å². The average molecular weight is 290 g/mol. The molecule has 0 aromatic heterocycles. The summed E-state index contributed by atoms with van der Waals surface area (Å²) in [6.07, 6.45) is 1.03. The molecule has 1 aromatic rings. The lowest BCUT2D eigenvalue weighted by Gasteiger charge is -2.26. The van der Waals surface area contributed by atoms with Crippen LogP contribution in [0.5, 0.6) is 11.5 Å². The quantitative estimate of drug-likeness (QED) is 0.872. The SMILES string of the molecule is O=C1CN(C(=O)CCc2ccc3c(c2)OCCO3)CCN1. The maximum absolute atomic E-state index is 12.1. The van der Waals surface area contributed by atoms with Gasteiger partial charge in [-0.05, 0) is 24.1 Å². The Hall–Kier alpha value is -2.24. The number of benzene rings is 1. The van der Waals surface area contributed by atoms with Gasteiger partial charge in [-0.15, -0.1) is 0 Å². The second-order valence-electron chi connectivity index (χ2n) is 5.14. The fourth-order valence-electron chi connectivity index (χ4n) is 2.50. The number of hydrogen-bond donors (Lipinski definition) is 1. The van der Waals surface area contributed by atoms with Gasteiger partial charge in [-0.3, -0.25) is 9.59 Å². The van der Waals surface area contributed by atoms with Crippen LogP contribution in [0, 0.1) is 0 Å². The minimum atomic E-state index is -0.0890. The van der Waals surface area contributed by atoms with Crippen molar-refractivity contribution >= 4 is 11.8 Å². The molecule has 1 N–H and O–H groups in total. The van der Waals surface area contributed by atoms with Crippen molar-refractivity contribution in [2.24, 2.45) is 0 Å². The summed E-state index contributed by atoms with van der Waals surface area (Å²) < 4.78 is 11.0. The number of piperazine rings is 1. The Balaban J connectivity index is 1.57. The summed E-state index contributed by atoms with van der Waals surface area (Å²) >= 11 is 0. The van der Waals surface area contributed by atoms with Crippen LogP contribution in [0.1, 0.15) is 12.0 Å². The Kier molecular flexibility index (Phi) is 3.94. The van der Waals surface area contributed by atoms with Gasteiger partial charge in [-0.1, -0.05) is 6.07 Å². The maximum atomic E-state index is 12.1. The molecule has 0 unspecified atom stereocenters. The van der Waals surface area contributed by atoms with Gasteiger partial charge < -0.3 is 19.7 Å². The topological polar surface area (TPSA) is 67.9 Å². The lowest BCUT2D eigenvalue weighted by Crippen LogP contribution is -2.50. The highest BCUT2D eigenvalue weighted by atomic mass is 16.6. The van der Waals surface area contributed by atoms with Gasteiger partial charge in [0.25, 0.3) is 0 Å². The molecule has 0 radical (unpaired) electrons. The third-order valence-electron chi connectivity index (χ3n) is 3.63. The van der Waals surface area contributed by atoms with Crippen molar-refractivity contribution in [2.45, 2.75) is 12.8 Å². The van der Waals surface area contributed by atoms with Crippen molar-refractivity contribution in [2.75, 3.05) is 32.8 Å². The Bertz CT molecular complexity index is 559. The second kappa shape index (κ2) is 6.03. The fraction of sp³-hybridized carbons (Fsp3) is 0.467. The highest BCUT2D eigenvalue weighted by Crippen LogP contribution is 2.31. The van der Waals surface area contributed by atoms with E-state index in [1.807, 2.05) is 18.2 Å². The van der Waals surface area contributed by atoms with Crippen molar-refractivity contribution in [3.8, 4) is 11.5 Å². The molecule has 6 nitrogen and oxygen atoms in total. The summed E-state index contributed by atoms with van der Waals surface area (Å²) in [6, 6.07) is 5.75. The van der Waals surface area contributed by atoms with E-state index in [0.717, 1.165) is 17.1 Å². The fourth-order valence-corrected chi connectivity index (χ4v) is 2.50. The molecule has 1 fully saturated rings. The smallest absolute Gasteiger partial charge is 0.239 e. The zero-order valence-electron chi connectivity index (χ0n) is 11.8. The maximum Gasteiger partial charge on any atom is 0.239 e. The molecule has 112 valence electrons. The highest BCUT2D eigenvalue weighted by Gasteiger charge is 2.21. The molecule has 2 heterocycles. The van der Waals surface area contributed by atoms with Crippen molar-refractivity contribution in [3.05, 3.63) is 23.8 Å². The monoisotopic (exact) mass is 290 g/mol. The molecule has 0 aliphatic carbocycles. The largest absolute Gasteiger partial charge is 0.486 e. The summed E-state index contributed by atoms with van der Waals surface area (Å²) in [6.45, 7) is 2.42. The van der Waals surface area contributed by atoms with Crippen LogP contribution in [0.2, 0.25) is 0 Å². The predicted octanol–water partition coefficient (Wildman–Crippen LogP) is 0.349. The van der Waals surface area contributed by atoms with Gasteiger partial charge in [0.15, 0.2) is 11.5 Å².